The Morgan fingerprint density at radius 1 is 1.15 bits per heavy atom. The minimum atomic E-state index is -1.57. The summed E-state index contributed by atoms with van der Waals surface area (Å²) in [6, 6.07) is 9.73. The third kappa shape index (κ3) is 3.69. The maximum atomic E-state index is 13.9. The van der Waals surface area contributed by atoms with Crippen LogP contribution in [0.25, 0.3) is 11.1 Å². The molecule has 1 saturated carbocycles. The first kappa shape index (κ1) is 21.0. The predicted octanol–water partition coefficient (Wildman–Crippen LogP) is 3.32. The number of carbonyl (C=O) groups is 1. The lowest BCUT2D eigenvalue weighted by Crippen LogP contribution is -2.41. The average molecular weight is 449 g/mol. The summed E-state index contributed by atoms with van der Waals surface area (Å²) in [5.41, 5.74) is 6.68. The summed E-state index contributed by atoms with van der Waals surface area (Å²) in [5.74, 6) is -0.341. The lowest BCUT2D eigenvalue weighted by molar-refractivity contribution is -0.129. The minimum Gasteiger partial charge on any atom is -0.490 e. The second kappa shape index (κ2) is 7.91. The fourth-order valence-corrected chi connectivity index (χ4v) is 3.95. The Morgan fingerprint density at radius 2 is 1.97 bits per heavy atom. The second-order valence-electron chi connectivity index (χ2n) is 8.17. The van der Waals surface area contributed by atoms with Crippen molar-refractivity contribution in [3.8, 4) is 16.9 Å². The Balaban J connectivity index is 1.75. The Bertz CT molecular complexity index is 1280. The standard InChI is InChI=1S/C24H21F2N5O2/c1-31-22(32)24(30-23(31)27,16-4-5-29-19(9-16)11-25)17-6-14(15-7-18(26)13-28-12-15)8-21(10-17)33-20-2-3-20/h4-10,12-13,20H,2-3,11H2,1H3,(H2,27,30). The first-order valence-corrected chi connectivity index (χ1v) is 10.5. The number of carbonyl (C=O) groups excluding carboxylic acids is 1. The number of amides is 1. The van der Waals surface area contributed by atoms with Crippen molar-refractivity contribution in [2.45, 2.75) is 31.2 Å². The van der Waals surface area contributed by atoms with Crippen LogP contribution in [-0.2, 0) is 17.0 Å². The van der Waals surface area contributed by atoms with Gasteiger partial charge >= 0.3 is 0 Å². The van der Waals surface area contributed by atoms with Crippen molar-refractivity contribution in [2.75, 3.05) is 7.05 Å². The Morgan fingerprint density at radius 3 is 2.64 bits per heavy atom. The van der Waals surface area contributed by atoms with E-state index in [1.54, 1.807) is 24.3 Å². The summed E-state index contributed by atoms with van der Waals surface area (Å²) >= 11 is 0. The highest BCUT2D eigenvalue weighted by Crippen LogP contribution is 2.43. The molecule has 1 unspecified atom stereocenters. The first-order valence-electron chi connectivity index (χ1n) is 10.5. The van der Waals surface area contributed by atoms with E-state index in [2.05, 4.69) is 15.0 Å². The van der Waals surface area contributed by atoms with Gasteiger partial charge < -0.3 is 10.5 Å². The van der Waals surface area contributed by atoms with E-state index in [0.29, 0.717) is 28.0 Å². The molecule has 2 aromatic heterocycles. The van der Waals surface area contributed by atoms with Gasteiger partial charge in [-0.15, -0.1) is 0 Å². The smallest absolute Gasteiger partial charge is 0.266 e. The van der Waals surface area contributed by atoms with Crippen LogP contribution in [-0.4, -0.2) is 39.9 Å². The van der Waals surface area contributed by atoms with Crippen molar-refractivity contribution in [1.29, 1.82) is 0 Å². The highest BCUT2D eigenvalue weighted by atomic mass is 19.1. The number of nitrogens with zero attached hydrogens (tertiary/aromatic N) is 4. The number of rotatable bonds is 6. The lowest BCUT2D eigenvalue weighted by atomic mass is 9.81. The maximum Gasteiger partial charge on any atom is 0.266 e. The van der Waals surface area contributed by atoms with E-state index < -0.39 is 23.9 Å². The summed E-state index contributed by atoms with van der Waals surface area (Å²) in [4.78, 5) is 27.4. The molecule has 5 rings (SSSR count). The number of aliphatic imine (C=N–C) groups is 1. The molecule has 0 bridgehead atoms. The normalized spacial score (nSPS) is 20.2. The summed E-state index contributed by atoms with van der Waals surface area (Å²) in [5, 5.41) is 0. The first-order chi connectivity index (χ1) is 15.9. The van der Waals surface area contributed by atoms with Crippen LogP contribution in [0.1, 0.15) is 29.7 Å². The van der Waals surface area contributed by atoms with Gasteiger partial charge in [-0.3, -0.25) is 19.7 Å². The molecule has 1 aliphatic heterocycles. The molecule has 1 aromatic carbocycles. The Hall–Kier alpha value is -3.88. The number of aromatic nitrogens is 2. The number of nitrogens with two attached hydrogens (primary N) is 1. The zero-order valence-electron chi connectivity index (χ0n) is 17.8. The molecule has 0 saturated heterocycles. The minimum absolute atomic E-state index is 0.0288. The number of likely N-dealkylation sites (N-methyl/N-ethyl adjacent to an activating group) is 1. The van der Waals surface area contributed by atoms with E-state index in [1.807, 2.05) is 0 Å². The zero-order valence-corrected chi connectivity index (χ0v) is 17.8. The number of pyridine rings is 2. The molecule has 0 radical (unpaired) electrons. The van der Waals surface area contributed by atoms with Crippen molar-refractivity contribution in [1.82, 2.24) is 14.9 Å². The molecule has 2 aliphatic rings. The zero-order chi connectivity index (χ0) is 23.2. The molecular formula is C24H21F2N5O2. The topological polar surface area (TPSA) is 93.7 Å². The van der Waals surface area contributed by atoms with Gasteiger partial charge in [-0.05, 0) is 65.9 Å². The molecule has 0 spiro atoms. The molecule has 33 heavy (non-hydrogen) atoms. The van der Waals surface area contributed by atoms with Crippen molar-refractivity contribution in [2.24, 2.45) is 10.7 Å². The van der Waals surface area contributed by atoms with E-state index >= 15 is 0 Å². The van der Waals surface area contributed by atoms with Gasteiger partial charge in [-0.25, -0.2) is 13.8 Å². The number of hydrogen-bond acceptors (Lipinski definition) is 6. The average Bonchev–Trinajstić information content (AvgIpc) is 3.61. The van der Waals surface area contributed by atoms with Crippen LogP contribution >= 0.6 is 0 Å². The van der Waals surface area contributed by atoms with Crippen LogP contribution in [0.4, 0.5) is 8.78 Å². The fourth-order valence-electron chi connectivity index (χ4n) is 3.95. The van der Waals surface area contributed by atoms with E-state index in [4.69, 9.17) is 10.5 Å². The molecule has 1 atom stereocenters. The fraction of sp³-hybridized carbons (Fsp3) is 0.250. The van der Waals surface area contributed by atoms with E-state index in [0.717, 1.165) is 19.0 Å². The SMILES string of the molecule is CN1C(=O)C(c2cc(OC3CC3)cc(-c3cncc(F)c3)c2)(c2ccnc(CF)c2)N=C1N. The molecular weight excluding hydrogens is 428 g/mol. The van der Waals surface area contributed by atoms with Crippen LogP contribution in [0.2, 0.25) is 0 Å². The summed E-state index contributed by atoms with van der Waals surface area (Å²) in [7, 11) is 1.53. The number of ether oxygens (including phenoxy) is 1. The van der Waals surface area contributed by atoms with Crippen LogP contribution < -0.4 is 10.5 Å². The van der Waals surface area contributed by atoms with Gasteiger partial charge in [-0.2, -0.15) is 0 Å². The predicted molar refractivity (Wildman–Crippen MR) is 118 cm³/mol. The highest BCUT2D eigenvalue weighted by Gasteiger charge is 2.50. The Labute approximate surface area is 188 Å². The summed E-state index contributed by atoms with van der Waals surface area (Å²) in [6.45, 7) is -0.793. The molecule has 168 valence electrons. The van der Waals surface area contributed by atoms with E-state index in [1.165, 1.54) is 36.5 Å². The van der Waals surface area contributed by atoms with E-state index in [-0.39, 0.29) is 17.8 Å². The van der Waals surface area contributed by atoms with Gasteiger partial charge in [0.15, 0.2) is 11.5 Å². The largest absolute Gasteiger partial charge is 0.490 e. The summed E-state index contributed by atoms with van der Waals surface area (Å²) < 4.78 is 33.4. The number of hydrogen-bond donors (Lipinski definition) is 1. The highest BCUT2D eigenvalue weighted by molar-refractivity contribution is 6.09. The Kier molecular flexibility index (Phi) is 5.03. The third-order valence-corrected chi connectivity index (χ3v) is 5.80. The number of alkyl halides is 1. The summed E-state index contributed by atoms with van der Waals surface area (Å²) in [6.07, 6.45) is 6.04. The van der Waals surface area contributed by atoms with Crippen LogP contribution in [0.5, 0.6) is 5.75 Å². The quantitative estimate of drug-likeness (QED) is 0.623. The van der Waals surface area contributed by atoms with Crippen molar-refractivity contribution < 1.29 is 18.3 Å². The molecule has 1 fully saturated rings. The van der Waals surface area contributed by atoms with Gasteiger partial charge in [0.25, 0.3) is 5.91 Å². The molecule has 7 nitrogen and oxygen atoms in total. The lowest BCUT2D eigenvalue weighted by Gasteiger charge is -2.27. The third-order valence-electron chi connectivity index (χ3n) is 5.80. The molecule has 9 heteroatoms. The van der Waals surface area contributed by atoms with Gasteiger partial charge in [0.2, 0.25) is 0 Å². The van der Waals surface area contributed by atoms with Gasteiger partial charge in [0.05, 0.1) is 18.0 Å². The van der Waals surface area contributed by atoms with Crippen molar-refractivity contribution >= 4 is 11.9 Å². The monoisotopic (exact) mass is 449 g/mol. The molecule has 3 aromatic rings. The van der Waals surface area contributed by atoms with Gasteiger partial charge in [-0.1, -0.05) is 0 Å². The van der Waals surface area contributed by atoms with Crippen LogP contribution in [0.15, 0.2) is 60.0 Å². The maximum absolute atomic E-state index is 13.9. The van der Waals surface area contributed by atoms with Crippen LogP contribution in [0, 0.1) is 5.82 Å². The molecule has 1 aliphatic carbocycles. The second-order valence-corrected chi connectivity index (χ2v) is 8.17. The van der Waals surface area contributed by atoms with Gasteiger partial charge in [0, 0.05) is 25.0 Å². The number of guanidine groups is 1. The molecule has 1 amide bonds. The molecule has 2 N–H and O–H groups in total. The van der Waals surface area contributed by atoms with E-state index in [9.17, 15) is 13.6 Å². The molecule has 3 heterocycles. The van der Waals surface area contributed by atoms with Crippen molar-refractivity contribution in [3.63, 3.8) is 0 Å². The van der Waals surface area contributed by atoms with Crippen LogP contribution in [0.3, 0.4) is 0 Å². The van der Waals surface area contributed by atoms with Crippen molar-refractivity contribution in [3.05, 3.63) is 77.6 Å². The number of benzene rings is 1. The van der Waals surface area contributed by atoms with Gasteiger partial charge in [0.1, 0.15) is 18.2 Å². The number of halogens is 2.